The number of nitrogens with zero attached hydrogens (tertiary/aromatic N) is 1. The van der Waals surface area contributed by atoms with Crippen LogP contribution in [0.5, 0.6) is 0 Å². The summed E-state index contributed by atoms with van der Waals surface area (Å²) in [7, 11) is 0. The van der Waals surface area contributed by atoms with E-state index >= 15 is 0 Å². The summed E-state index contributed by atoms with van der Waals surface area (Å²) in [5, 5.41) is 0.694. The molecule has 2 atom stereocenters. The number of nitrogens with two attached hydrogens (primary N) is 1. The Balaban J connectivity index is 2.34. The van der Waals surface area contributed by atoms with Crippen molar-refractivity contribution >= 4 is 17.5 Å². The van der Waals surface area contributed by atoms with E-state index in [0.29, 0.717) is 11.6 Å². The fraction of sp³-hybridized carbons (Fsp3) is 0.533. The van der Waals surface area contributed by atoms with Crippen LogP contribution in [0.3, 0.4) is 0 Å². The molecule has 1 unspecified atom stereocenters. The number of amides is 1. The molecule has 4 heteroatoms. The topological polar surface area (TPSA) is 46.3 Å². The fourth-order valence-corrected chi connectivity index (χ4v) is 3.02. The highest BCUT2D eigenvalue weighted by molar-refractivity contribution is 6.30. The van der Waals surface area contributed by atoms with E-state index in [-0.39, 0.29) is 11.8 Å². The van der Waals surface area contributed by atoms with Crippen LogP contribution in [0.25, 0.3) is 0 Å². The molecule has 0 saturated heterocycles. The summed E-state index contributed by atoms with van der Waals surface area (Å²) in [5.41, 5.74) is 6.43. The molecule has 2 rings (SSSR count). The van der Waals surface area contributed by atoms with E-state index in [2.05, 4.69) is 0 Å². The number of halogens is 1. The van der Waals surface area contributed by atoms with Crippen LogP contribution in [0.15, 0.2) is 24.3 Å². The van der Waals surface area contributed by atoms with Crippen molar-refractivity contribution in [2.75, 3.05) is 19.6 Å². The fourth-order valence-electron chi connectivity index (χ4n) is 2.89. The molecule has 1 aromatic carbocycles. The molecule has 2 N–H and O–H groups in total. The number of likely N-dealkylation sites (N-methyl/N-ethyl adjacent to an activating group) is 1. The Labute approximate surface area is 119 Å². The summed E-state index contributed by atoms with van der Waals surface area (Å²) in [6.07, 6.45) is 0.848. The van der Waals surface area contributed by atoms with Crippen LogP contribution in [-0.4, -0.2) is 30.4 Å². The first kappa shape index (κ1) is 14.4. The van der Waals surface area contributed by atoms with Crippen LogP contribution < -0.4 is 5.73 Å². The molecule has 1 amide bonds. The quantitative estimate of drug-likeness (QED) is 0.900. The molecular weight excluding hydrogens is 260 g/mol. The summed E-state index contributed by atoms with van der Waals surface area (Å²) in [4.78, 5) is 14.7. The first-order valence-electron chi connectivity index (χ1n) is 6.85. The van der Waals surface area contributed by atoms with Crippen molar-refractivity contribution in [3.8, 4) is 0 Å². The van der Waals surface area contributed by atoms with Gasteiger partial charge in [0.05, 0.1) is 5.41 Å². The zero-order chi connectivity index (χ0) is 14.0. The van der Waals surface area contributed by atoms with Gasteiger partial charge in [0.2, 0.25) is 5.91 Å². The van der Waals surface area contributed by atoms with Crippen molar-refractivity contribution in [3.63, 3.8) is 0 Å². The maximum atomic E-state index is 12.8. The normalized spacial score (nSPS) is 25.2. The van der Waals surface area contributed by atoms with Crippen LogP contribution in [0.1, 0.15) is 25.8 Å². The number of hydrogen-bond acceptors (Lipinski definition) is 2. The molecule has 3 nitrogen and oxygen atoms in total. The van der Waals surface area contributed by atoms with Crippen LogP contribution in [-0.2, 0) is 10.2 Å². The second-order valence-electron chi connectivity index (χ2n) is 5.09. The number of carbonyl (C=O) groups is 1. The Kier molecular flexibility index (Phi) is 4.16. The van der Waals surface area contributed by atoms with E-state index in [9.17, 15) is 4.79 Å². The molecular formula is C15H21ClN2O. The van der Waals surface area contributed by atoms with Gasteiger partial charge in [0.25, 0.3) is 0 Å². The van der Waals surface area contributed by atoms with Gasteiger partial charge in [-0.3, -0.25) is 4.79 Å². The predicted molar refractivity (Wildman–Crippen MR) is 78.2 cm³/mol. The van der Waals surface area contributed by atoms with Gasteiger partial charge in [-0.2, -0.15) is 0 Å². The van der Waals surface area contributed by atoms with Gasteiger partial charge in [0, 0.05) is 18.1 Å². The first-order chi connectivity index (χ1) is 9.09. The molecule has 0 radical (unpaired) electrons. The Hall–Kier alpha value is -1.06. The summed E-state index contributed by atoms with van der Waals surface area (Å²) in [5.74, 6) is 0.456. The number of rotatable bonds is 5. The Bertz CT molecular complexity index is 456. The zero-order valence-corrected chi connectivity index (χ0v) is 12.3. The van der Waals surface area contributed by atoms with Gasteiger partial charge in [0.1, 0.15) is 0 Å². The van der Waals surface area contributed by atoms with Gasteiger partial charge >= 0.3 is 0 Å². The third-order valence-corrected chi connectivity index (χ3v) is 4.43. The first-order valence-corrected chi connectivity index (χ1v) is 7.23. The van der Waals surface area contributed by atoms with Crippen LogP contribution in [0.4, 0.5) is 0 Å². The van der Waals surface area contributed by atoms with E-state index in [0.717, 1.165) is 25.1 Å². The minimum Gasteiger partial charge on any atom is -0.342 e. The van der Waals surface area contributed by atoms with Gasteiger partial charge in [-0.05, 0) is 50.4 Å². The number of carbonyl (C=O) groups excluding carboxylic acids is 1. The van der Waals surface area contributed by atoms with Gasteiger partial charge in [-0.1, -0.05) is 23.7 Å². The average molecular weight is 281 g/mol. The smallest absolute Gasteiger partial charge is 0.233 e. The maximum absolute atomic E-state index is 12.8. The summed E-state index contributed by atoms with van der Waals surface area (Å²) >= 11 is 5.93. The van der Waals surface area contributed by atoms with E-state index in [1.54, 1.807) is 0 Å². The van der Waals surface area contributed by atoms with Crippen molar-refractivity contribution in [2.45, 2.75) is 25.7 Å². The van der Waals surface area contributed by atoms with Gasteiger partial charge < -0.3 is 10.6 Å². The molecule has 1 fully saturated rings. The second kappa shape index (κ2) is 5.51. The van der Waals surface area contributed by atoms with Crippen molar-refractivity contribution in [1.82, 2.24) is 4.90 Å². The Morgan fingerprint density at radius 2 is 1.95 bits per heavy atom. The third-order valence-electron chi connectivity index (χ3n) is 4.18. The molecule has 0 bridgehead atoms. The Morgan fingerprint density at radius 3 is 2.37 bits per heavy atom. The SMILES string of the molecule is CCN(CC)C(=O)[C@]1(c2ccc(Cl)cc2)CC1CN. The Morgan fingerprint density at radius 1 is 1.37 bits per heavy atom. The highest BCUT2D eigenvalue weighted by Crippen LogP contribution is 2.55. The minimum absolute atomic E-state index is 0.204. The van der Waals surface area contributed by atoms with Gasteiger partial charge in [0.15, 0.2) is 0 Å². The summed E-state index contributed by atoms with van der Waals surface area (Å²) < 4.78 is 0. The van der Waals surface area contributed by atoms with E-state index in [1.165, 1.54) is 0 Å². The molecule has 1 aliphatic carbocycles. The van der Waals surface area contributed by atoms with Crippen LogP contribution in [0.2, 0.25) is 5.02 Å². The van der Waals surface area contributed by atoms with Gasteiger partial charge in [-0.25, -0.2) is 0 Å². The average Bonchev–Trinajstić information content (AvgIpc) is 3.16. The summed E-state index contributed by atoms with van der Waals surface area (Å²) in [6, 6.07) is 7.61. The maximum Gasteiger partial charge on any atom is 0.233 e. The molecule has 0 aromatic heterocycles. The van der Waals surface area contributed by atoms with Crippen LogP contribution >= 0.6 is 11.6 Å². The minimum atomic E-state index is -0.411. The molecule has 1 saturated carbocycles. The monoisotopic (exact) mass is 280 g/mol. The zero-order valence-electron chi connectivity index (χ0n) is 11.5. The van der Waals surface area contributed by atoms with E-state index < -0.39 is 5.41 Å². The third kappa shape index (κ3) is 2.37. The number of benzene rings is 1. The van der Waals surface area contributed by atoms with Crippen molar-refractivity contribution < 1.29 is 4.79 Å². The lowest BCUT2D eigenvalue weighted by atomic mass is 9.91. The lowest BCUT2D eigenvalue weighted by Gasteiger charge is -2.26. The lowest BCUT2D eigenvalue weighted by Crippen LogP contribution is -2.40. The largest absolute Gasteiger partial charge is 0.342 e. The van der Waals surface area contributed by atoms with Gasteiger partial charge in [-0.15, -0.1) is 0 Å². The predicted octanol–water partition coefficient (Wildman–Crippen LogP) is 2.42. The highest BCUT2D eigenvalue weighted by atomic mass is 35.5. The molecule has 19 heavy (non-hydrogen) atoms. The molecule has 0 aliphatic heterocycles. The van der Waals surface area contributed by atoms with E-state index in [1.807, 2.05) is 43.0 Å². The number of hydrogen-bond donors (Lipinski definition) is 1. The van der Waals surface area contributed by atoms with Crippen molar-refractivity contribution in [2.24, 2.45) is 11.7 Å². The lowest BCUT2D eigenvalue weighted by molar-refractivity contribution is -0.134. The molecule has 1 aromatic rings. The van der Waals surface area contributed by atoms with Crippen molar-refractivity contribution in [1.29, 1.82) is 0 Å². The molecule has 104 valence electrons. The molecule has 0 spiro atoms. The standard InChI is InChI=1S/C15H21ClN2O/c1-3-18(4-2)14(19)15(9-12(15)10-17)11-5-7-13(16)8-6-11/h5-8,12H,3-4,9-10,17H2,1-2H3/t12?,15-/m0/s1. The van der Waals surface area contributed by atoms with Crippen molar-refractivity contribution in [3.05, 3.63) is 34.9 Å². The highest BCUT2D eigenvalue weighted by Gasteiger charge is 2.61. The van der Waals surface area contributed by atoms with Crippen LogP contribution in [0, 0.1) is 5.92 Å². The second-order valence-corrected chi connectivity index (χ2v) is 5.53. The summed E-state index contributed by atoms with van der Waals surface area (Å²) in [6.45, 7) is 6.05. The molecule has 0 heterocycles. The molecule has 1 aliphatic rings. The van der Waals surface area contributed by atoms with E-state index in [4.69, 9.17) is 17.3 Å².